The summed E-state index contributed by atoms with van der Waals surface area (Å²) < 4.78 is 0. The van der Waals surface area contributed by atoms with E-state index in [0.29, 0.717) is 18.5 Å². The van der Waals surface area contributed by atoms with Crippen LogP contribution in [0.3, 0.4) is 0 Å². The Kier molecular flexibility index (Phi) is 5.33. The predicted molar refractivity (Wildman–Crippen MR) is 111 cm³/mol. The number of benzene rings is 1. The average molecular weight is 411 g/mol. The smallest absolute Gasteiger partial charge is 0.255 e. The molecule has 30 heavy (non-hydrogen) atoms. The van der Waals surface area contributed by atoms with E-state index in [1.54, 1.807) is 4.90 Å². The molecule has 1 aromatic rings. The molecule has 3 fully saturated rings. The molecule has 2 N–H and O–H groups in total. The average Bonchev–Trinajstić information content (AvgIpc) is 3.35. The van der Waals surface area contributed by atoms with E-state index in [-0.39, 0.29) is 24.1 Å². The van der Waals surface area contributed by atoms with Gasteiger partial charge in [0.25, 0.3) is 5.91 Å². The fraction of sp³-hybridized carbons (Fsp3) is 0.609. The van der Waals surface area contributed by atoms with Gasteiger partial charge in [0.1, 0.15) is 6.04 Å². The number of fused-ring (bicyclic) bond motifs is 1. The Balaban J connectivity index is 1.28. The number of rotatable bonds is 4. The van der Waals surface area contributed by atoms with Crippen LogP contribution >= 0.6 is 0 Å². The van der Waals surface area contributed by atoms with Gasteiger partial charge in [-0.15, -0.1) is 0 Å². The van der Waals surface area contributed by atoms with Crippen molar-refractivity contribution in [1.82, 2.24) is 20.4 Å². The summed E-state index contributed by atoms with van der Waals surface area (Å²) in [5.74, 6) is 0.930. The Morgan fingerprint density at radius 1 is 1.00 bits per heavy atom. The number of imide groups is 1. The van der Waals surface area contributed by atoms with Crippen LogP contribution in [0.25, 0.3) is 0 Å². The highest BCUT2D eigenvalue weighted by atomic mass is 16.2. The first-order valence-electron chi connectivity index (χ1n) is 11.3. The van der Waals surface area contributed by atoms with Crippen LogP contribution in [-0.2, 0) is 22.7 Å². The lowest BCUT2D eigenvalue weighted by Gasteiger charge is -2.29. The predicted octanol–water partition coefficient (Wildman–Crippen LogP) is 1.27. The number of carbonyl (C=O) groups excluding carboxylic acids is 3. The number of hydrogen-bond acceptors (Lipinski definition) is 5. The quantitative estimate of drug-likeness (QED) is 0.731. The molecule has 0 saturated carbocycles. The summed E-state index contributed by atoms with van der Waals surface area (Å²) >= 11 is 0. The Morgan fingerprint density at radius 3 is 2.63 bits per heavy atom. The third-order valence-corrected chi connectivity index (χ3v) is 7.43. The number of likely N-dealkylation sites (tertiary alicyclic amines) is 1. The van der Waals surface area contributed by atoms with Crippen molar-refractivity contribution in [2.24, 2.45) is 11.8 Å². The molecule has 7 heteroatoms. The van der Waals surface area contributed by atoms with Gasteiger partial charge in [-0.2, -0.15) is 0 Å². The molecule has 0 spiro atoms. The number of nitrogens with one attached hydrogen (secondary N) is 2. The van der Waals surface area contributed by atoms with Gasteiger partial charge in [-0.1, -0.05) is 12.1 Å². The van der Waals surface area contributed by atoms with Gasteiger partial charge >= 0.3 is 0 Å². The van der Waals surface area contributed by atoms with Crippen molar-refractivity contribution in [3.8, 4) is 0 Å². The number of carbonyl (C=O) groups is 3. The zero-order valence-corrected chi connectivity index (χ0v) is 17.4. The monoisotopic (exact) mass is 410 g/mol. The van der Waals surface area contributed by atoms with Crippen molar-refractivity contribution in [2.75, 3.05) is 26.2 Å². The highest BCUT2D eigenvalue weighted by Crippen LogP contribution is 2.33. The third-order valence-electron chi connectivity index (χ3n) is 7.43. The van der Waals surface area contributed by atoms with E-state index >= 15 is 0 Å². The minimum absolute atomic E-state index is 0.0876. The zero-order valence-electron chi connectivity index (χ0n) is 17.4. The van der Waals surface area contributed by atoms with Gasteiger partial charge in [-0.05, 0) is 74.3 Å². The number of piperidine rings is 2. The second kappa shape index (κ2) is 8.12. The fourth-order valence-corrected chi connectivity index (χ4v) is 5.75. The lowest BCUT2D eigenvalue weighted by Crippen LogP contribution is -2.52. The summed E-state index contributed by atoms with van der Waals surface area (Å²) in [4.78, 5) is 41.0. The molecule has 0 aromatic heterocycles. The molecule has 5 rings (SSSR count). The van der Waals surface area contributed by atoms with E-state index in [1.807, 2.05) is 12.1 Å². The van der Waals surface area contributed by atoms with Crippen LogP contribution in [-0.4, -0.2) is 59.7 Å². The van der Waals surface area contributed by atoms with Crippen molar-refractivity contribution in [3.63, 3.8) is 0 Å². The van der Waals surface area contributed by atoms with Gasteiger partial charge in [0.15, 0.2) is 0 Å². The molecule has 2 atom stereocenters. The fourth-order valence-electron chi connectivity index (χ4n) is 5.75. The van der Waals surface area contributed by atoms with Crippen LogP contribution in [0.2, 0.25) is 0 Å². The van der Waals surface area contributed by atoms with Crippen LogP contribution in [0.5, 0.6) is 0 Å². The summed E-state index contributed by atoms with van der Waals surface area (Å²) in [6.07, 6.45) is 4.53. The molecule has 0 aliphatic carbocycles. The maximum absolute atomic E-state index is 13.0. The van der Waals surface area contributed by atoms with Crippen molar-refractivity contribution in [2.45, 2.75) is 51.2 Å². The molecule has 3 amide bonds. The zero-order chi connectivity index (χ0) is 20.7. The number of nitrogens with zero attached hydrogens (tertiary/aromatic N) is 2. The number of amides is 3. The molecular formula is C23H30N4O3. The van der Waals surface area contributed by atoms with E-state index in [2.05, 4.69) is 21.6 Å². The molecular weight excluding hydrogens is 380 g/mol. The summed E-state index contributed by atoms with van der Waals surface area (Å²) in [5.41, 5.74) is 2.96. The Labute approximate surface area is 177 Å². The highest BCUT2D eigenvalue weighted by molar-refractivity contribution is 6.05. The summed E-state index contributed by atoms with van der Waals surface area (Å²) in [5, 5.41) is 5.84. The van der Waals surface area contributed by atoms with Gasteiger partial charge in [0, 0.05) is 31.6 Å². The minimum atomic E-state index is -0.550. The summed E-state index contributed by atoms with van der Waals surface area (Å²) in [7, 11) is 0. The van der Waals surface area contributed by atoms with Crippen molar-refractivity contribution in [1.29, 1.82) is 0 Å². The normalized spacial score (nSPS) is 28.1. The third kappa shape index (κ3) is 3.65. The number of hydrogen-bond donors (Lipinski definition) is 2. The van der Waals surface area contributed by atoms with Gasteiger partial charge in [-0.3, -0.25) is 24.6 Å². The first kappa shape index (κ1) is 19.7. The lowest BCUT2D eigenvalue weighted by atomic mass is 9.84. The van der Waals surface area contributed by atoms with Crippen LogP contribution in [0.15, 0.2) is 18.2 Å². The standard InChI is InChI=1S/C23H30N4O3/c28-21-5-4-20(22(29)25-21)27-14-19-17(2-1-3-18(19)23(27)30)13-26-11-8-16(12-26)15-6-9-24-10-7-15/h1-3,15-16,20,24H,4-14H2,(H,25,28,29). The molecule has 4 aliphatic rings. The molecule has 0 bridgehead atoms. The van der Waals surface area contributed by atoms with Gasteiger partial charge in [0.2, 0.25) is 11.8 Å². The SMILES string of the molecule is O=C1CCC(N2Cc3c(CN4CCC(C5CCNCC5)C4)cccc3C2=O)C(=O)N1. The second-order valence-corrected chi connectivity index (χ2v) is 9.21. The highest BCUT2D eigenvalue weighted by Gasteiger charge is 2.40. The Hall–Kier alpha value is -2.25. The maximum atomic E-state index is 13.0. The van der Waals surface area contributed by atoms with Gasteiger partial charge in [0.05, 0.1) is 0 Å². The molecule has 4 aliphatic heterocycles. The largest absolute Gasteiger partial charge is 0.322 e. The second-order valence-electron chi connectivity index (χ2n) is 9.21. The Morgan fingerprint density at radius 2 is 1.83 bits per heavy atom. The van der Waals surface area contributed by atoms with E-state index in [9.17, 15) is 14.4 Å². The minimum Gasteiger partial charge on any atom is -0.322 e. The summed E-state index contributed by atoms with van der Waals surface area (Å²) in [6.45, 7) is 5.86. The molecule has 0 radical (unpaired) electrons. The van der Waals surface area contributed by atoms with Gasteiger partial charge in [-0.25, -0.2) is 0 Å². The molecule has 1 aromatic carbocycles. The van der Waals surface area contributed by atoms with Crippen LogP contribution in [0, 0.1) is 11.8 Å². The van der Waals surface area contributed by atoms with Crippen molar-refractivity contribution in [3.05, 3.63) is 34.9 Å². The lowest BCUT2D eigenvalue weighted by molar-refractivity contribution is -0.136. The molecule has 7 nitrogen and oxygen atoms in total. The van der Waals surface area contributed by atoms with E-state index < -0.39 is 6.04 Å². The maximum Gasteiger partial charge on any atom is 0.255 e. The van der Waals surface area contributed by atoms with E-state index in [0.717, 1.165) is 50.1 Å². The van der Waals surface area contributed by atoms with Gasteiger partial charge < -0.3 is 10.2 Å². The first-order chi connectivity index (χ1) is 14.6. The Bertz CT molecular complexity index is 864. The molecule has 2 unspecified atom stereocenters. The topological polar surface area (TPSA) is 81.8 Å². The first-order valence-corrected chi connectivity index (χ1v) is 11.3. The summed E-state index contributed by atoms with van der Waals surface area (Å²) in [6, 6.07) is 5.40. The molecule has 160 valence electrons. The van der Waals surface area contributed by atoms with E-state index in [4.69, 9.17) is 0 Å². The van der Waals surface area contributed by atoms with Crippen molar-refractivity contribution >= 4 is 17.7 Å². The molecule has 4 heterocycles. The van der Waals surface area contributed by atoms with Crippen LogP contribution < -0.4 is 10.6 Å². The van der Waals surface area contributed by atoms with Crippen molar-refractivity contribution < 1.29 is 14.4 Å². The van der Waals surface area contributed by atoms with Crippen LogP contribution in [0.1, 0.15) is 53.6 Å². The van der Waals surface area contributed by atoms with Crippen LogP contribution in [0.4, 0.5) is 0 Å². The van der Waals surface area contributed by atoms with E-state index in [1.165, 1.54) is 24.8 Å². The molecule has 3 saturated heterocycles.